The maximum atomic E-state index is 6.48. The van der Waals surface area contributed by atoms with Crippen LogP contribution in [0.1, 0.15) is 36.8 Å². The highest BCUT2D eigenvalue weighted by molar-refractivity contribution is 14.1. The van der Waals surface area contributed by atoms with Crippen molar-refractivity contribution < 1.29 is 4.74 Å². The van der Waals surface area contributed by atoms with E-state index in [2.05, 4.69) is 69.2 Å². The van der Waals surface area contributed by atoms with Crippen LogP contribution in [-0.4, -0.2) is 32.3 Å². The van der Waals surface area contributed by atoms with E-state index in [0.29, 0.717) is 6.04 Å². The molecule has 0 radical (unpaired) electrons. The summed E-state index contributed by atoms with van der Waals surface area (Å²) in [5, 5.41) is 4.53. The van der Waals surface area contributed by atoms with Gasteiger partial charge in [0.25, 0.3) is 0 Å². The van der Waals surface area contributed by atoms with Crippen LogP contribution >= 0.6 is 34.2 Å². The van der Waals surface area contributed by atoms with E-state index < -0.39 is 0 Å². The quantitative estimate of drug-likeness (QED) is 0.567. The molecule has 3 nitrogen and oxygen atoms in total. The average molecular weight is 509 g/mol. The molecule has 5 rings (SSSR count). The zero-order valence-electron chi connectivity index (χ0n) is 16.0. The first-order valence-corrected chi connectivity index (χ1v) is 11.8. The summed E-state index contributed by atoms with van der Waals surface area (Å²) < 4.78 is 7.74. The average Bonchev–Trinajstić information content (AvgIpc) is 3.14. The van der Waals surface area contributed by atoms with Crippen molar-refractivity contribution in [3.05, 3.63) is 56.1 Å². The van der Waals surface area contributed by atoms with Gasteiger partial charge in [-0.3, -0.25) is 0 Å². The first-order chi connectivity index (χ1) is 13.6. The minimum absolute atomic E-state index is 0.0290. The Morgan fingerprint density at radius 1 is 1.21 bits per heavy atom. The van der Waals surface area contributed by atoms with Gasteiger partial charge in [-0.2, -0.15) is 0 Å². The van der Waals surface area contributed by atoms with E-state index in [4.69, 9.17) is 16.3 Å². The van der Waals surface area contributed by atoms with Crippen LogP contribution in [-0.2, 0) is 11.8 Å². The monoisotopic (exact) mass is 508 g/mol. The Bertz CT molecular complexity index is 883. The Morgan fingerprint density at radius 3 is 3.00 bits per heavy atom. The number of halogens is 2. The lowest BCUT2D eigenvalue weighted by molar-refractivity contribution is 0.206. The van der Waals surface area contributed by atoms with E-state index in [0.717, 1.165) is 43.4 Å². The molecule has 1 aliphatic carbocycles. The third kappa shape index (κ3) is 3.52. The number of hydrogen-bond acceptors (Lipinski definition) is 3. The van der Waals surface area contributed by atoms with Crippen molar-refractivity contribution in [2.75, 3.05) is 31.1 Å². The van der Waals surface area contributed by atoms with Gasteiger partial charge >= 0.3 is 0 Å². The molecule has 1 N–H and O–H groups in total. The molecular formula is C23H26ClIN2O. The lowest BCUT2D eigenvalue weighted by atomic mass is 9.70. The topological polar surface area (TPSA) is 24.5 Å². The molecule has 0 saturated carbocycles. The Kier molecular flexibility index (Phi) is 5.22. The summed E-state index contributed by atoms with van der Waals surface area (Å²) in [6.45, 7) is 3.93. The highest BCUT2D eigenvalue weighted by Crippen LogP contribution is 2.44. The fourth-order valence-corrected chi connectivity index (χ4v) is 5.94. The van der Waals surface area contributed by atoms with Crippen LogP contribution in [0.5, 0.6) is 5.75 Å². The molecule has 148 valence electrons. The van der Waals surface area contributed by atoms with E-state index in [1.807, 2.05) is 0 Å². The lowest BCUT2D eigenvalue weighted by Crippen LogP contribution is -2.48. The molecule has 0 unspecified atom stereocenters. The zero-order chi connectivity index (χ0) is 19.1. The van der Waals surface area contributed by atoms with Crippen molar-refractivity contribution in [1.82, 2.24) is 5.32 Å². The summed E-state index contributed by atoms with van der Waals surface area (Å²) >= 11 is 8.73. The second-order valence-corrected chi connectivity index (χ2v) is 10.2. The van der Waals surface area contributed by atoms with Crippen LogP contribution in [0.25, 0.3) is 0 Å². The van der Waals surface area contributed by atoms with Crippen LogP contribution < -0.4 is 15.0 Å². The van der Waals surface area contributed by atoms with Crippen LogP contribution in [0, 0.1) is 3.57 Å². The summed E-state index contributed by atoms with van der Waals surface area (Å²) in [5.74, 6) is 1.02. The predicted molar refractivity (Wildman–Crippen MR) is 124 cm³/mol. The normalized spacial score (nSPS) is 26.5. The Hall–Kier alpha value is -0.980. The number of benzene rings is 2. The molecule has 2 aromatic carbocycles. The van der Waals surface area contributed by atoms with E-state index >= 15 is 0 Å². The fourth-order valence-electron chi connectivity index (χ4n) is 5.27. The molecule has 0 aromatic heterocycles. The van der Waals surface area contributed by atoms with E-state index in [-0.39, 0.29) is 5.41 Å². The van der Waals surface area contributed by atoms with Gasteiger partial charge in [0, 0.05) is 33.1 Å². The molecule has 0 bridgehead atoms. The molecule has 1 saturated heterocycles. The number of nitrogens with one attached hydrogen (secondary N) is 1. The number of rotatable bonds is 2. The second-order valence-electron chi connectivity index (χ2n) is 8.51. The number of anilines is 1. The van der Waals surface area contributed by atoms with Crippen LogP contribution in [0.15, 0.2) is 36.4 Å². The van der Waals surface area contributed by atoms with Crippen molar-refractivity contribution in [3.63, 3.8) is 0 Å². The van der Waals surface area contributed by atoms with Crippen molar-refractivity contribution in [3.8, 4) is 5.75 Å². The van der Waals surface area contributed by atoms with Gasteiger partial charge in [0.15, 0.2) is 0 Å². The van der Waals surface area contributed by atoms with Gasteiger partial charge in [-0.15, -0.1) is 0 Å². The minimum atomic E-state index is 0.0290. The molecule has 1 fully saturated rings. The summed E-state index contributed by atoms with van der Waals surface area (Å²) in [6.07, 6.45) is 6.02. The Morgan fingerprint density at radius 2 is 2.14 bits per heavy atom. The number of nitrogens with zero attached hydrogens (tertiary/aromatic N) is 1. The molecule has 2 aliphatic heterocycles. The third-order valence-corrected chi connectivity index (χ3v) is 7.51. The van der Waals surface area contributed by atoms with Crippen molar-refractivity contribution in [2.45, 2.75) is 43.6 Å². The first kappa shape index (κ1) is 19.0. The van der Waals surface area contributed by atoms with Crippen molar-refractivity contribution in [2.24, 2.45) is 0 Å². The summed E-state index contributed by atoms with van der Waals surface area (Å²) in [5.41, 5.74) is 4.12. The summed E-state index contributed by atoms with van der Waals surface area (Å²) in [4.78, 5) is 2.59. The molecule has 2 atom stereocenters. The van der Waals surface area contributed by atoms with Gasteiger partial charge in [-0.25, -0.2) is 0 Å². The molecular weight excluding hydrogens is 483 g/mol. The lowest BCUT2D eigenvalue weighted by Gasteiger charge is -2.41. The molecule has 28 heavy (non-hydrogen) atoms. The van der Waals surface area contributed by atoms with Crippen molar-refractivity contribution >= 4 is 39.9 Å². The maximum Gasteiger partial charge on any atom is 0.142 e. The van der Waals surface area contributed by atoms with Crippen LogP contribution in [0.3, 0.4) is 0 Å². The van der Waals surface area contributed by atoms with E-state index in [1.54, 1.807) is 0 Å². The van der Waals surface area contributed by atoms with Gasteiger partial charge in [0.05, 0.1) is 12.3 Å². The Labute approximate surface area is 185 Å². The van der Waals surface area contributed by atoms with Crippen molar-refractivity contribution in [1.29, 1.82) is 0 Å². The fraction of sp³-hybridized carbons (Fsp3) is 0.478. The first-order valence-electron chi connectivity index (χ1n) is 10.3. The summed E-state index contributed by atoms with van der Waals surface area (Å²) in [6, 6.07) is 13.6. The van der Waals surface area contributed by atoms with E-state index in [1.165, 1.54) is 46.1 Å². The SMILES string of the molecule is Clc1ccc2c(c1)CCC[C@]21COc2ccc(I)cc2N(C[C@@H]2CCCN2)C1. The highest BCUT2D eigenvalue weighted by Gasteiger charge is 2.42. The highest BCUT2D eigenvalue weighted by atomic mass is 127. The number of fused-ring (bicyclic) bond motifs is 3. The molecule has 2 heterocycles. The predicted octanol–water partition coefficient (Wildman–Crippen LogP) is 5.17. The van der Waals surface area contributed by atoms with Crippen LogP contribution in [0.4, 0.5) is 5.69 Å². The largest absolute Gasteiger partial charge is 0.490 e. The zero-order valence-corrected chi connectivity index (χ0v) is 18.9. The second kappa shape index (κ2) is 7.69. The molecule has 3 aliphatic rings. The van der Waals surface area contributed by atoms with Gasteiger partial charge in [-0.1, -0.05) is 17.7 Å². The summed E-state index contributed by atoms with van der Waals surface area (Å²) in [7, 11) is 0. The van der Waals surface area contributed by atoms with Gasteiger partial charge < -0.3 is 15.0 Å². The molecule has 5 heteroatoms. The smallest absolute Gasteiger partial charge is 0.142 e. The Balaban J connectivity index is 1.56. The molecule has 0 amide bonds. The van der Waals surface area contributed by atoms with Crippen LogP contribution in [0.2, 0.25) is 5.02 Å². The molecule has 1 spiro atoms. The van der Waals surface area contributed by atoms with Gasteiger partial charge in [0.1, 0.15) is 5.75 Å². The minimum Gasteiger partial charge on any atom is -0.490 e. The standard InChI is InChI=1S/C23H26ClIN2O/c24-17-5-7-20-16(11-17)3-1-9-23(20)14-27(13-19-4-2-10-26-19)21-12-18(25)6-8-22(21)28-15-23/h5-8,11-12,19,26H,1-4,9-10,13-15H2/t19-,23-/m0/s1. The molecule has 2 aromatic rings. The number of ether oxygens (including phenoxy) is 1. The van der Waals surface area contributed by atoms with Gasteiger partial charge in [-0.05, 0) is 103 Å². The third-order valence-electron chi connectivity index (χ3n) is 6.60. The van der Waals surface area contributed by atoms with Gasteiger partial charge in [0.2, 0.25) is 0 Å². The number of aryl methyl sites for hydroxylation is 1. The van der Waals surface area contributed by atoms with E-state index in [9.17, 15) is 0 Å². The maximum absolute atomic E-state index is 6.48. The number of hydrogen-bond donors (Lipinski definition) is 1.